The Hall–Kier alpha value is -13.3. The van der Waals surface area contributed by atoms with Gasteiger partial charge >= 0.3 is 0 Å². The van der Waals surface area contributed by atoms with Gasteiger partial charge in [0.15, 0.2) is 0 Å². The van der Waals surface area contributed by atoms with Gasteiger partial charge in [0.25, 0.3) is 0 Å². The number of benzene rings is 16. The third kappa shape index (κ3) is 9.27. The van der Waals surface area contributed by atoms with Gasteiger partial charge in [0.1, 0.15) is 0 Å². The van der Waals surface area contributed by atoms with Crippen molar-refractivity contribution in [3.05, 3.63) is 386 Å². The maximum atomic E-state index is 2.50. The van der Waals surface area contributed by atoms with Crippen molar-refractivity contribution in [3.63, 3.8) is 0 Å². The second-order valence-electron chi connectivity index (χ2n) is 29.9. The average Bonchev–Trinajstić information content (AvgIpc) is 1.54. The summed E-state index contributed by atoms with van der Waals surface area (Å²) in [5, 5.41) is 10.2. The van der Waals surface area contributed by atoms with Crippen LogP contribution in [0.25, 0.3) is 177 Å². The first-order valence-electron chi connectivity index (χ1n) is 37.1. The monoisotopic (exact) mass is 1350 g/mol. The zero-order valence-electron chi connectivity index (χ0n) is 59.4. The third-order valence-corrected chi connectivity index (χ3v) is 23.4. The average molecular weight is 1350 g/mol. The Balaban J connectivity index is 0.000000136. The van der Waals surface area contributed by atoms with Crippen molar-refractivity contribution in [2.45, 2.75) is 38.5 Å². The molecule has 0 bridgehead atoms. The molecule has 16 aromatic carbocycles. The standard InChI is InChI=1S/2C51H36N2/c1-51(2)45-19-11-9-17-39(45)41-27-28-42-44-32-36(24-30-48(44)53(50(42)49(41)51)37-15-7-4-8-16-37)35-23-29-47-43(31-35)40-18-10-12-20-46(40)52(47)38-25-21-34(22-26-38)33-13-5-3-6-14-33;1-51(2)44-19-11-9-17-39(44)41-27-30-48-49(50(41)51)43-32-36(24-29-47(43)53(48)37-15-7-4-8-16-37)35-23-28-46-42(31-35)40-18-10-12-20-45(40)52(46)38-25-21-34(22-26-38)33-13-5-3-6-14-33/h2*3-32H,1-2H3. The SMILES string of the molecule is CC1(C)c2ccccc2-c2ccc3c(c21)c1cc(-c2ccc4c(c2)c2ccccc2n4-c2ccc(-c4ccccc4)cc2)ccc1n3-c1ccccc1.CC1(C)c2ccccc2-c2ccc3c4cc(-c5ccc6c(c5)c5ccccc5n6-c5ccc(-c6ccccc6)cc5)ccc4n(-c4ccccc4)c3c21. The second-order valence-corrected chi connectivity index (χ2v) is 29.9. The molecule has 22 rings (SSSR count). The van der Waals surface area contributed by atoms with Gasteiger partial charge in [0, 0.05) is 76.7 Å². The highest BCUT2D eigenvalue weighted by molar-refractivity contribution is 6.18. The lowest BCUT2D eigenvalue weighted by molar-refractivity contribution is 0.664. The van der Waals surface area contributed by atoms with Gasteiger partial charge in [-0.25, -0.2) is 0 Å². The molecule has 0 unspecified atom stereocenters. The van der Waals surface area contributed by atoms with Crippen molar-refractivity contribution >= 4 is 87.2 Å². The van der Waals surface area contributed by atoms with E-state index in [0.29, 0.717) is 0 Å². The maximum Gasteiger partial charge on any atom is 0.0588 e. The fourth-order valence-electron chi connectivity index (χ4n) is 18.5. The molecule has 106 heavy (non-hydrogen) atoms. The van der Waals surface area contributed by atoms with Gasteiger partial charge < -0.3 is 18.3 Å². The summed E-state index contributed by atoms with van der Waals surface area (Å²) in [5.74, 6) is 0. The molecule has 20 aromatic rings. The molecule has 500 valence electrons. The molecule has 0 amide bonds. The van der Waals surface area contributed by atoms with Crippen molar-refractivity contribution in [2.24, 2.45) is 0 Å². The van der Waals surface area contributed by atoms with Crippen molar-refractivity contribution in [3.8, 4) is 89.5 Å². The Labute approximate surface area is 615 Å². The van der Waals surface area contributed by atoms with Crippen LogP contribution in [0.15, 0.2) is 364 Å². The van der Waals surface area contributed by atoms with Crippen molar-refractivity contribution in [1.82, 2.24) is 18.3 Å². The summed E-state index contributed by atoms with van der Waals surface area (Å²) < 4.78 is 9.76. The Morgan fingerprint density at radius 2 is 0.500 bits per heavy atom. The van der Waals surface area contributed by atoms with Gasteiger partial charge in [-0.3, -0.25) is 0 Å². The van der Waals surface area contributed by atoms with E-state index in [0.717, 1.165) is 11.4 Å². The first kappa shape index (κ1) is 61.4. The highest BCUT2D eigenvalue weighted by Gasteiger charge is 2.40. The van der Waals surface area contributed by atoms with E-state index < -0.39 is 0 Å². The van der Waals surface area contributed by atoms with E-state index in [1.165, 1.54) is 188 Å². The first-order chi connectivity index (χ1) is 52.1. The number of hydrogen-bond acceptors (Lipinski definition) is 0. The summed E-state index contributed by atoms with van der Waals surface area (Å²) in [6, 6.07) is 134. The largest absolute Gasteiger partial charge is 0.309 e. The summed E-state index contributed by atoms with van der Waals surface area (Å²) in [5.41, 5.74) is 35.1. The van der Waals surface area contributed by atoms with Gasteiger partial charge in [-0.15, -0.1) is 0 Å². The van der Waals surface area contributed by atoms with Crippen LogP contribution < -0.4 is 0 Å². The number of rotatable bonds is 8. The van der Waals surface area contributed by atoms with Crippen LogP contribution in [0.4, 0.5) is 0 Å². The number of hydrogen-bond donors (Lipinski definition) is 0. The molecular formula is C102H72N4. The highest BCUT2D eigenvalue weighted by atomic mass is 15.0. The van der Waals surface area contributed by atoms with Gasteiger partial charge in [-0.05, 0) is 204 Å². The molecular weight excluding hydrogens is 1280 g/mol. The quantitative estimate of drug-likeness (QED) is 0.144. The lowest BCUT2D eigenvalue weighted by Gasteiger charge is -2.23. The zero-order valence-corrected chi connectivity index (χ0v) is 59.4. The number of fused-ring (bicyclic) bond motifs is 20. The predicted octanol–water partition coefficient (Wildman–Crippen LogP) is 27.0. The molecule has 0 atom stereocenters. The third-order valence-electron chi connectivity index (χ3n) is 23.4. The van der Waals surface area contributed by atoms with Crippen LogP contribution in [0.1, 0.15) is 49.9 Å². The molecule has 0 N–H and O–H groups in total. The Morgan fingerprint density at radius 1 is 0.189 bits per heavy atom. The van der Waals surface area contributed by atoms with E-state index in [1.807, 2.05) is 0 Å². The molecule has 2 aliphatic rings. The Morgan fingerprint density at radius 3 is 0.991 bits per heavy atom. The zero-order chi connectivity index (χ0) is 70.5. The first-order valence-corrected chi connectivity index (χ1v) is 37.1. The maximum absolute atomic E-state index is 2.50. The minimum atomic E-state index is -0.129. The molecule has 4 heteroatoms. The lowest BCUT2D eigenvalue weighted by atomic mass is 9.80. The number of nitrogens with zero attached hydrogens (tertiary/aromatic N) is 4. The Kier molecular flexibility index (Phi) is 13.7. The number of aromatic nitrogens is 4. The van der Waals surface area contributed by atoms with Gasteiger partial charge in [0.05, 0.1) is 44.1 Å². The molecule has 4 nitrogen and oxygen atoms in total. The topological polar surface area (TPSA) is 19.7 Å². The molecule has 0 fully saturated rings. The van der Waals surface area contributed by atoms with Crippen LogP contribution in [-0.4, -0.2) is 18.3 Å². The van der Waals surface area contributed by atoms with Gasteiger partial charge in [-0.1, -0.05) is 276 Å². The second kappa shape index (κ2) is 23.6. The van der Waals surface area contributed by atoms with Crippen LogP contribution in [0.2, 0.25) is 0 Å². The summed E-state index contributed by atoms with van der Waals surface area (Å²) >= 11 is 0. The molecule has 4 aromatic heterocycles. The van der Waals surface area contributed by atoms with Crippen LogP contribution in [0.5, 0.6) is 0 Å². The predicted molar refractivity (Wildman–Crippen MR) is 447 cm³/mol. The Bertz CT molecular complexity index is 6940. The number of para-hydroxylation sites is 4. The smallest absolute Gasteiger partial charge is 0.0588 e. The summed E-state index contributed by atoms with van der Waals surface area (Å²) in [7, 11) is 0. The molecule has 0 radical (unpaired) electrons. The molecule has 0 aliphatic heterocycles. The van der Waals surface area contributed by atoms with Gasteiger partial charge in [-0.2, -0.15) is 0 Å². The molecule has 0 saturated heterocycles. The van der Waals surface area contributed by atoms with E-state index in [1.54, 1.807) is 0 Å². The van der Waals surface area contributed by atoms with Crippen LogP contribution in [-0.2, 0) is 10.8 Å². The molecule has 4 heterocycles. The van der Waals surface area contributed by atoms with E-state index in [2.05, 4.69) is 410 Å². The van der Waals surface area contributed by atoms with Crippen molar-refractivity contribution < 1.29 is 0 Å². The minimum absolute atomic E-state index is 0.128. The summed E-state index contributed by atoms with van der Waals surface area (Å²) in [6.07, 6.45) is 0. The molecule has 0 saturated carbocycles. The van der Waals surface area contributed by atoms with E-state index in [-0.39, 0.29) is 10.8 Å². The highest BCUT2D eigenvalue weighted by Crippen LogP contribution is 2.56. The van der Waals surface area contributed by atoms with E-state index >= 15 is 0 Å². The van der Waals surface area contributed by atoms with Crippen LogP contribution in [0.3, 0.4) is 0 Å². The molecule has 2 aliphatic carbocycles. The lowest BCUT2D eigenvalue weighted by Crippen LogP contribution is -2.16. The van der Waals surface area contributed by atoms with Crippen LogP contribution in [0, 0.1) is 0 Å². The van der Waals surface area contributed by atoms with Crippen molar-refractivity contribution in [2.75, 3.05) is 0 Å². The molecule has 0 spiro atoms. The normalized spacial score (nSPS) is 13.2. The van der Waals surface area contributed by atoms with Gasteiger partial charge in [0.2, 0.25) is 0 Å². The van der Waals surface area contributed by atoms with Crippen molar-refractivity contribution in [1.29, 1.82) is 0 Å². The minimum Gasteiger partial charge on any atom is -0.309 e. The van der Waals surface area contributed by atoms with E-state index in [9.17, 15) is 0 Å². The van der Waals surface area contributed by atoms with E-state index in [4.69, 9.17) is 0 Å². The fourth-order valence-corrected chi connectivity index (χ4v) is 18.5. The summed E-state index contributed by atoms with van der Waals surface area (Å²) in [4.78, 5) is 0. The summed E-state index contributed by atoms with van der Waals surface area (Å²) in [6.45, 7) is 9.56. The van der Waals surface area contributed by atoms with Crippen LogP contribution >= 0.6 is 0 Å². The fraction of sp³-hybridized carbons (Fsp3) is 0.0588.